The topological polar surface area (TPSA) is 62.1 Å². The molecule has 0 aliphatic heterocycles. The van der Waals surface area contributed by atoms with Crippen LogP contribution in [0.5, 0.6) is 5.75 Å². The van der Waals surface area contributed by atoms with E-state index in [1.54, 1.807) is 43.3 Å². The Morgan fingerprint density at radius 1 is 1.00 bits per heavy atom. The van der Waals surface area contributed by atoms with E-state index < -0.39 is 5.91 Å². The molecule has 4 rings (SSSR count). The van der Waals surface area contributed by atoms with E-state index in [4.69, 9.17) is 39.5 Å². The summed E-state index contributed by atoms with van der Waals surface area (Å²) in [6, 6.07) is 23.8. The van der Waals surface area contributed by atoms with Crippen molar-refractivity contribution < 1.29 is 9.53 Å². The molecular weight excluding hydrogens is 503 g/mol. The summed E-state index contributed by atoms with van der Waals surface area (Å²) in [4.78, 5) is 13.0. The summed E-state index contributed by atoms with van der Waals surface area (Å²) < 4.78 is 6.10. The number of carbonyl (C=O) groups excluding carboxylic acids is 1. The number of halogens is 3. The summed E-state index contributed by atoms with van der Waals surface area (Å²) >= 11 is 18.5. The minimum Gasteiger partial charge on any atom is -0.488 e. The number of nitrogens with zero attached hydrogens (tertiary/aromatic N) is 1. The molecule has 0 saturated heterocycles. The zero-order chi connectivity index (χ0) is 24.9. The Balaban J connectivity index is 1.72. The highest BCUT2D eigenvalue weighted by molar-refractivity contribution is 6.35. The van der Waals surface area contributed by atoms with Gasteiger partial charge < -0.3 is 10.1 Å². The summed E-state index contributed by atoms with van der Waals surface area (Å²) in [5.74, 6) is -0.0355. The van der Waals surface area contributed by atoms with Crippen molar-refractivity contribution in [3.63, 3.8) is 0 Å². The van der Waals surface area contributed by atoms with Crippen molar-refractivity contribution in [3.8, 4) is 11.8 Å². The van der Waals surface area contributed by atoms with Crippen molar-refractivity contribution in [1.82, 2.24) is 0 Å². The molecule has 0 aliphatic rings. The van der Waals surface area contributed by atoms with Gasteiger partial charge in [0.25, 0.3) is 5.91 Å². The second kappa shape index (κ2) is 10.8. The molecule has 1 amide bonds. The van der Waals surface area contributed by atoms with Gasteiger partial charge in [0.05, 0.1) is 0 Å². The molecule has 0 spiro atoms. The van der Waals surface area contributed by atoms with Gasteiger partial charge in [-0.05, 0) is 59.7 Å². The monoisotopic (exact) mass is 520 g/mol. The van der Waals surface area contributed by atoms with Crippen LogP contribution in [0.15, 0.2) is 78.4 Å². The number of carbonyl (C=O) groups is 1. The quantitative estimate of drug-likeness (QED) is 0.205. The van der Waals surface area contributed by atoms with Crippen molar-refractivity contribution in [3.05, 3.63) is 110 Å². The number of benzene rings is 4. The number of nitrogens with one attached hydrogen (secondary N) is 1. The molecule has 35 heavy (non-hydrogen) atoms. The molecule has 174 valence electrons. The molecule has 0 unspecified atom stereocenters. The SMILES string of the molecule is Cc1c(Cl)cccc1NC(=O)/C(C#N)=C/c1c(OCc2ccc(Cl)cc2Cl)ccc2ccccc12. The van der Waals surface area contributed by atoms with Crippen LogP contribution in [-0.4, -0.2) is 5.91 Å². The predicted molar refractivity (Wildman–Crippen MR) is 143 cm³/mol. The van der Waals surface area contributed by atoms with Crippen LogP contribution in [0.2, 0.25) is 15.1 Å². The van der Waals surface area contributed by atoms with Crippen LogP contribution in [0.1, 0.15) is 16.7 Å². The smallest absolute Gasteiger partial charge is 0.266 e. The largest absolute Gasteiger partial charge is 0.488 e. The summed E-state index contributed by atoms with van der Waals surface area (Å²) in [6.07, 6.45) is 1.54. The minimum atomic E-state index is -0.544. The third-order valence-electron chi connectivity index (χ3n) is 5.50. The summed E-state index contributed by atoms with van der Waals surface area (Å²) in [7, 11) is 0. The van der Waals surface area contributed by atoms with Crippen molar-refractivity contribution in [1.29, 1.82) is 5.26 Å². The van der Waals surface area contributed by atoms with Gasteiger partial charge in [-0.1, -0.05) is 77.3 Å². The lowest BCUT2D eigenvalue weighted by molar-refractivity contribution is -0.112. The fourth-order valence-corrected chi connectivity index (χ4v) is 4.21. The van der Waals surface area contributed by atoms with Gasteiger partial charge in [0, 0.05) is 31.9 Å². The number of anilines is 1. The van der Waals surface area contributed by atoms with Crippen LogP contribution in [-0.2, 0) is 11.4 Å². The molecule has 4 aromatic carbocycles. The Morgan fingerprint density at radius 3 is 2.57 bits per heavy atom. The molecule has 0 bridgehead atoms. The zero-order valence-electron chi connectivity index (χ0n) is 18.6. The highest BCUT2D eigenvalue weighted by Crippen LogP contribution is 2.32. The average Bonchev–Trinajstić information content (AvgIpc) is 2.85. The van der Waals surface area contributed by atoms with Gasteiger partial charge in [-0.25, -0.2) is 0 Å². The number of hydrogen-bond acceptors (Lipinski definition) is 3. The Morgan fingerprint density at radius 2 is 1.80 bits per heavy atom. The first kappa shape index (κ1) is 24.6. The fraction of sp³-hybridized carbons (Fsp3) is 0.0714. The maximum atomic E-state index is 13.0. The molecule has 0 aromatic heterocycles. The van der Waals surface area contributed by atoms with Crippen LogP contribution in [0.3, 0.4) is 0 Å². The van der Waals surface area contributed by atoms with E-state index in [1.165, 1.54) is 6.08 Å². The van der Waals surface area contributed by atoms with E-state index in [1.807, 2.05) is 42.5 Å². The molecule has 4 aromatic rings. The average molecular weight is 522 g/mol. The van der Waals surface area contributed by atoms with E-state index in [-0.39, 0.29) is 12.2 Å². The van der Waals surface area contributed by atoms with E-state index in [2.05, 4.69) is 5.32 Å². The number of nitriles is 1. The van der Waals surface area contributed by atoms with Crippen LogP contribution in [0.4, 0.5) is 5.69 Å². The first-order chi connectivity index (χ1) is 16.9. The van der Waals surface area contributed by atoms with Crippen molar-refractivity contribution >= 4 is 63.2 Å². The Kier molecular flexibility index (Phi) is 7.63. The van der Waals surface area contributed by atoms with Gasteiger partial charge in [0.1, 0.15) is 24.0 Å². The number of fused-ring (bicyclic) bond motifs is 1. The van der Waals surface area contributed by atoms with E-state index in [0.29, 0.717) is 37.6 Å². The molecule has 0 heterocycles. The Bertz CT molecular complexity index is 1510. The molecule has 0 atom stereocenters. The second-order valence-corrected chi connectivity index (χ2v) is 9.01. The van der Waals surface area contributed by atoms with Gasteiger partial charge in [0.15, 0.2) is 0 Å². The highest BCUT2D eigenvalue weighted by Gasteiger charge is 2.15. The lowest BCUT2D eigenvalue weighted by Crippen LogP contribution is -2.14. The molecule has 4 nitrogen and oxygen atoms in total. The summed E-state index contributed by atoms with van der Waals surface area (Å²) in [5.41, 5.74) is 2.55. The maximum absolute atomic E-state index is 13.0. The molecule has 0 aliphatic carbocycles. The molecule has 0 saturated carbocycles. The van der Waals surface area contributed by atoms with Gasteiger partial charge in [0.2, 0.25) is 0 Å². The first-order valence-corrected chi connectivity index (χ1v) is 11.8. The third-order valence-corrected chi connectivity index (χ3v) is 6.50. The van der Waals surface area contributed by atoms with Gasteiger partial charge >= 0.3 is 0 Å². The predicted octanol–water partition coefficient (Wildman–Crippen LogP) is 8.23. The number of amides is 1. The molecule has 1 N–H and O–H groups in total. The van der Waals surface area contributed by atoms with Crippen LogP contribution < -0.4 is 10.1 Å². The molecular formula is C28H19Cl3N2O2. The highest BCUT2D eigenvalue weighted by atomic mass is 35.5. The summed E-state index contributed by atoms with van der Waals surface area (Å²) in [6.45, 7) is 1.98. The normalized spacial score (nSPS) is 11.2. The molecule has 0 radical (unpaired) electrons. The van der Waals surface area contributed by atoms with Crippen molar-refractivity contribution in [2.45, 2.75) is 13.5 Å². The van der Waals surface area contributed by atoms with Gasteiger partial charge in [-0.2, -0.15) is 5.26 Å². The third kappa shape index (κ3) is 5.61. The second-order valence-electron chi connectivity index (χ2n) is 7.76. The van der Waals surface area contributed by atoms with Crippen molar-refractivity contribution in [2.75, 3.05) is 5.32 Å². The van der Waals surface area contributed by atoms with Crippen LogP contribution >= 0.6 is 34.8 Å². The number of rotatable bonds is 6. The maximum Gasteiger partial charge on any atom is 0.266 e. The summed E-state index contributed by atoms with van der Waals surface area (Å²) in [5, 5.41) is 15.9. The van der Waals surface area contributed by atoms with E-state index >= 15 is 0 Å². The molecule has 0 fully saturated rings. The lowest BCUT2D eigenvalue weighted by Gasteiger charge is -2.14. The Labute approximate surface area is 218 Å². The number of hydrogen-bond donors (Lipinski definition) is 1. The standard InChI is InChI=1S/C28H19Cl3N2O2/c1-17-24(30)7-4-8-26(17)33-28(34)20(15-32)13-23-22-6-3-2-5-18(22)10-12-27(23)35-16-19-9-11-21(29)14-25(19)31/h2-14H,16H2,1H3,(H,33,34)/b20-13+. The van der Waals surface area contributed by atoms with Gasteiger partial charge in [-0.3, -0.25) is 4.79 Å². The zero-order valence-corrected chi connectivity index (χ0v) is 20.9. The Hall–Kier alpha value is -3.49. The van der Waals surface area contributed by atoms with Crippen LogP contribution in [0, 0.1) is 18.3 Å². The fourth-order valence-electron chi connectivity index (χ4n) is 3.57. The molecule has 7 heteroatoms. The van der Waals surface area contributed by atoms with E-state index in [9.17, 15) is 10.1 Å². The van der Waals surface area contributed by atoms with E-state index in [0.717, 1.165) is 16.3 Å². The minimum absolute atomic E-state index is 0.0740. The van der Waals surface area contributed by atoms with Crippen molar-refractivity contribution in [2.24, 2.45) is 0 Å². The first-order valence-electron chi connectivity index (χ1n) is 10.6. The van der Waals surface area contributed by atoms with Crippen LogP contribution in [0.25, 0.3) is 16.8 Å². The van der Waals surface area contributed by atoms with Gasteiger partial charge in [-0.15, -0.1) is 0 Å². The lowest BCUT2D eigenvalue weighted by atomic mass is 10.0. The number of ether oxygens (including phenoxy) is 1.